The zero-order valence-electron chi connectivity index (χ0n) is 9.88. The van der Waals surface area contributed by atoms with E-state index in [1.807, 2.05) is 9.13 Å². The van der Waals surface area contributed by atoms with Gasteiger partial charge in [-0.05, 0) is 20.8 Å². The van der Waals surface area contributed by atoms with Crippen molar-refractivity contribution in [1.29, 1.82) is 0 Å². The van der Waals surface area contributed by atoms with Gasteiger partial charge in [0.1, 0.15) is 11.5 Å². The third kappa shape index (κ3) is 1.58. The van der Waals surface area contributed by atoms with Crippen LogP contribution in [0.3, 0.4) is 0 Å². The van der Waals surface area contributed by atoms with Gasteiger partial charge in [0.05, 0.1) is 24.5 Å². The second-order valence-corrected chi connectivity index (χ2v) is 4.04. The summed E-state index contributed by atoms with van der Waals surface area (Å²) in [5.41, 5.74) is 7.86. The number of aromatic nitrogens is 4. The minimum atomic E-state index is 0.319. The molecule has 0 aliphatic rings. The van der Waals surface area contributed by atoms with E-state index in [1.165, 1.54) is 0 Å². The van der Waals surface area contributed by atoms with Crippen molar-refractivity contribution in [2.75, 3.05) is 5.73 Å². The zero-order chi connectivity index (χ0) is 11.7. The Labute approximate surface area is 94.9 Å². The van der Waals surface area contributed by atoms with Crippen molar-refractivity contribution in [2.45, 2.75) is 33.4 Å². The van der Waals surface area contributed by atoms with Crippen molar-refractivity contribution in [3.63, 3.8) is 0 Å². The standard InChI is InChI=1S/C11H17N5/c1-4-15-6-13-5-9(15)10-11(12)16(7-14-10)8(2)3/h5-8H,4,12H2,1-3H3. The fourth-order valence-corrected chi connectivity index (χ4v) is 1.75. The molecule has 0 saturated carbocycles. The lowest BCUT2D eigenvalue weighted by Gasteiger charge is -2.09. The Kier molecular flexibility index (Phi) is 2.68. The zero-order valence-corrected chi connectivity index (χ0v) is 9.88. The lowest BCUT2D eigenvalue weighted by atomic mass is 10.3. The van der Waals surface area contributed by atoms with E-state index < -0.39 is 0 Å². The first-order valence-corrected chi connectivity index (χ1v) is 5.48. The van der Waals surface area contributed by atoms with Crippen molar-refractivity contribution in [1.82, 2.24) is 19.1 Å². The number of hydrogen-bond acceptors (Lipinski definition) is 3. The molecule has 2 aromatic heterocycles. The maximum absolute atomic E-state index is 6.08. The monoisotopic (exact) mass is 219 g/mol. The van der Waals surface area contributed by atoms with Crippen LogP contribution in [-0.2, 0) is 6.54 Å². The number of hydrogen-bond donors (Lipinski definition) is 1. The van der Waals surface area contributed by atoms with Crippen LogP contribution in [0.4, 0.5) is 5.82 Å². The number of rotatable bonds is 3. The van der Waals surface area contributed by atoms with E-state index in [1.54, 1.807) is 18.9 Å². The summed E-state index contributed by atoms with van der Waals surface area (Å²) in [4.78, 5) is 8.49. The van der Waals surface area contributed by atoms with E-state index in [-0.39, 0.29) is 0 Å². The van der Waals surface area contributed by atoms with Crippen molar-refractivity contribution < 1.29 is 0 Å². The molecule has 2 rings (SSSR count). The van der Waals surface area contributed by atoms with Crippen molar-refractivity contribution >= 4 is 5.82 Å². The van der Waals surface area contributed by atoms with E-state index >= 15 is 0 Å². The fraction of sp³-hybridized carbons (Fsp3) is 0.455. The van der Waals surface area contributed by atoms with Crippen molar-refractivity contribution in [2.24, 2.45) is 0 Å². The van der Waals surface area contributed by atoms with Gasteiger partial charge < -0.3 is 14.9 Å². The van der Waals surface area contributed by atoms with E-state index in [9.17, 15) is 0 Å². The Morgan fingerprint density at radius 3 is 2.69 bits per heavy atom. The Hall–Kier alpha value is -1.78. The molecule has 0 amide bonds. The van der Waals surface area contributed by atoms with Gasteiger partial charge in [-0.2, -0.15) is 0 Å². The maximum Gasteiger partial charge on any atom is 0.133 e. The van der Waals surface area contributed by atoms with Gasteiger partial charge in [0, 0.05) is 12.6 Å². The number of aryl methyl sites for hydroxylation is 1. The average molecular weight is 219 g/mol. The molecule has 86 valence electrons. The van der Waals surface area contributed by atoms with Crippen LogP contribution < -0.4 is 5.73 Å². The molecule has 0 aliphatic carbocycles. The van der Waals surface area contributed by atoms with Gasteiger partial charge in [0.25, 0.3) is 0 Å². The molecule has 0 atom stereocenters. The Bertz CT molecular complexity index is 480. The molecule has 0 spiro atoms. The number of nitrogens with zero attached hydrogens (tertiary/aromatic N) is 4. The fourth-order valence-electron chi connectivity index (χ4n) is 1.75. The Morgan fingerprint density at radius 1 is 1.38 bits per heavy atom. The minimum Gasteiger partial charge on any atom is -0.383 e. The molecule has 0 fully saturated rings. The summed E-state index contributed by atoms with van der Waals surface area (Å²) in [6, 6.07) is 0.319. The smallest absolute Gasteiger partial charge is 0.133 e. The molecule has 2 aromatic rings. The quantitative estimate of drug-likeness (QED) is 0.858. The average Bonchev–Trinajstić information content (AvgIpc) is 2.82. The van der Waals surface area contributed by atoms with E-state index in [4.69, 9.17) is 5.73 Å². The molecule has 0 unspecified atom stereocenters. The Morgan fingerprint density at radius 2 is 2.12 bits per heavy atom. The third-order valence-electron chi connectivity index (χ3n) is 2.68. The highest BCUT2D eigenvalue weighted by Crippen LogP contribution is 2.26. The van der Waals surface area contributed by atoms with Crippen LogP contribution in [-0.4, -0.2) is 19.1 Å². The lowest BCUT2D eigenvalue weighted by molar-refractivity contribution is 0.607. The maximum atomic E-state index is 6.08. The summed E-state index contributed by atoms with van der Waals surface area (Å²) >= 11 is 0. The molecule has 0 saturated heterocycles. The van der Waals surface area contributed by atoms with Gasteiger partial charge in [-0.25, -0.2) is 9.97 Å². The third-order valence-corrected chi connectivity index (χ3v) is 2.68. The van der Waals surface area contributed by atoms with Crippen LogP contribution in [0.25, 0.3) is 11.4 Å². The number of nitrogen functional groups attached to an aromatic ring is 1. The van der Waals surface area contributed by atoms with Crippen LogP contribution in [0.5, 0.6) is 0 Å². The molecule has 0 aromatic carbocycles. The van der Waals surface area contributed by atoms with Crippen LogP contribution >= 0.6 is 0 Å². The molecule has 5 nitrogen and oxygen atoms in total. The normalized spacial score (nSPS) is 11.2. The summed E-state index contributed by atoms with van der Waals surface area (Å²) in [6.45, 7) is 7.10. The summed E-state index contributed by atoms with van der Waals surface area (Å²) in [5.74, 6) is 0.699. The topological polar surface area (TPSA) is 61.7 Å². The van der Waals surface area contributed by atoms with Crippen LogP contribution in [0.2, 0.25) is 0 Å². The highest BCUT2D eigenvalue weighted by Gasteiger charge is 2.14. The van der Waals surface area contributed by atoms with Gasteiger partial charge in [-0.1, -0.05) is 0 Å². The molecule has 0 bridgehead atoms. The van der Waals surface area contributed by atoms with Gasteiger partial charge in [0.2, 0.25) is 0 Å². The number of imidazole rings is 2. The summed E-state index contributed by atoms with van der Waals surface area (Å²) in [7, 11) is 0. The van der Waals surface area contributed by atoms with Gasteiger partial charge >= 0.3 is 0 Å². The first-order valence-electron chi connectivity index (χ1n) is 5.48. The van der Waals surface area contributed by atoms with Crippen LogP contribution in [0.1, 0.15) is 26.8 Å². The molecule has 16 heavy (non-hydrogen) atoms. The predicted octanol–water partition coefficient (Wildman–Crippen LogP) is 1.93. The first-order chi connectivity index (χ1) is 7.65. The first kappa shape index (κ1) is 10.7. The van der Waals surface area contributed by atoms with E-state index in [0.29, 0.717) is 11.9 Å². The summed E-state index contributed by atoms with van der Waals surface area (Å²) in [5, 5.41) is 0. The van der Waals surface area contributed by atoms with Gasteiger partial charge in [0.15, 0.2) is 0 Å². The second kappa shape index (κ2) is 4.00. The molecular formula is C11H17N5. The van der Waals surface area contributed by atoms with Crippen molar-refractivity contribution in [3.8, 4) is 11.4 Å². The SMILES string of the molecule is CCn1cncc1-c1ncn(C(C)C)c1N. The molecular weight excluding hydrogens is 202 g/mol. The summed E-state index contributed by atoms with van der Waals surface area (Å²) in [6.07, 6.45) is 5.37. The van der Waals surface area contributed by atoms with Crippen LogP contribution in [0.15, 0.2) is 18.9 Å². The van der Waals surface area contributed by atoms with E-state index in [2.05, 4.69) is 30.7 Å². The Balaban J connectivity index is 2.49. The molecule has 0 radical (unpaired) electrons. The molecule has 5 heteroatoms. The number of anilines is 1. The highest BCUT2D eigenvalue weighted by molar-refractivity contribution is 5.67. The van der Waals surface area contributed by atoms with Crippen LogP contribution in [0, 0.1) is 0 Å². The predicted molar refractivity (Wildman–Crippen MR) is 63.9 cm³/mol. The molecule has 2 heterocycles. The lowest BCUT2D eigenvalue weighted by Crippen LogP contribution is -2.05. The van der Waals surface area contributed by atoms with Gasteiger partial charge in [-0.15, -0.1) is 0 Å². The van der Waals surface area contributed by atoms with E-state index in [0.717, 1.165) is 17.9 Å². The number of nitrogens with two attached hydrogens (primary N) is 1. The molecule has 2 N–H and O–H groups in total. The van der Waals surface area contributed by atoms with Gasteiger partial charge in [-0.3, -0.25) is 0 Å². The molecule has 0 aliphatic heterocycles. The largest absolute Gasteiger partial charge is 0.383 e. The van der Waals surface area contributed by atoms with Crippen molar-refractivity contribution in [3.05, 3.63) is 18.9 Å². The summed E-state index contributed by atoms with van der Waals surface area (Å²) < 4.78 is 3.99. The second-order valence-electron chi connectivity index (χ2n) is 4.04. The minimum absolute atomic E-state index is 0.319. The highest BCUT2D eigenvalue weighted by atomic mass is 15.1.